The molecule has 0 aromatic heterocycles. The molecule has 0 aliphatic heterocycles. The first-order valence-electron chi connectivity index (χ1n) is 3.77. The van der Waals surface area contributed by atoms with Gasteiger partial charge < -0.3 is 14.5 Å². The van der Waals surface area contributed by atoms with Crippen molar-refractivity contribution < 1.29 is 9.59 Å². The molecule has 0 fully saturated rings. The molecule has 3 nitrogen and oxygen atoms in total. The van der Waals surface area contributed by atoms with Crippen molar-refractivity contribution in [1.82, 2.24) is 4.90 Å². The minimum Gasteiger partial charge on any atom is -0.520 e. The normalized spacial score (nSPS) is 10.3. The number of nitrogens with zero attached hydrogens (tertiary/aromatic N) is 1. The van der Waals surface area contributed by atoms with Crippen LogP contribution in [0.5, 0.6) is 0 Å². The van der Waals surface area contributed by atoms with E-state index in [0.717, 1.165) is 12.5 Å². The molecule has 12 heavy (non-hydrogen) atoms. The van der Waals surface area contributed by atoms with Crippen molar-refractivity contribution in [3.63, 3.8) is 0 Å². The Morgan fingerprint density at radius 2 is 2.00 bits per heavy atom. The van der Waals surface area contributed by atoms with E-state index in [9.17, 15) is 9.59 Å². The standard InChI is InChI=1S/C7H16NO2Si.Rf/c1-8(7-9)5-4-6-11(2,3)10;/h10H,4-6H2,1-3H3;/q-1;. The van der Waals surface area contributed by atoms with Gasteiger partial charge in [-0.25, -0.2) is 0 Å². The molecule has 0 atom stereocenters. The molecule has 0 unspecified atom stereocenters. The maximum atomic E-state index is 10.0. The zero-order valence-corrected chi connectivity index (χ0v) is 15.5. The van der Waals surface area contributed by atoms with Gasteiger partial charge in [-0.1, -0.05) is 0 Å². The summed E-state index contributed by atoms with van der Waals surface area (Å²) in [6, 6.07) is 0.846. The summed E-state index contributed by atoms with van der Waals surface area (Å²) in [4.78, 5) is 20.9. The molecule has 0 aliphatic rings. The van der Waals surface area contributed by atoms with Crippen LogP contribution in [0, 0.1) is 0 Å². The summed E-state index contributed by atoms with van der Waals surface area (Å²) in [5.74, 6) is 0. The SMILES string of the molecule is CN([C-]=O)CCC[Si](C)(C)O.[Rf]. The van der Waals surface area contributed by atoms with Crippen molar-refractivity contribution in [2.45, 2.75) is 25.6 Å². The molecule has 68 valence electrons. The number of hydrogen-bond acceptors (Lipinski definition) is 2. The molecule has 1 N–H and O–H groups in total. The van der Waals surface area contributed by atoms with Gasteiger partial charge in [-0.2, -0.15) is 6.41 Å². The van der Waals surface area contributed by atoms with Crippen molar-refractivity contribution in [3.8, 4) is 0 Å². The van der Waals surface area contributed by atoms with Crippen molar-refractivity contribution in [3.05, 3.63) is 0 Å². The van der Waals surface area contributed by atoms with E-state index in [4.69, 9.17) is 0 Å². The Kier molecular flexibility index (Phi) is 5.87. The second-order valence-electron chi connectivity index (χ2n) is 3.43. The Labute approximate surface area is 69.1 Å². The Bertz CT molecular complexity index is 127. The minimum absolute atomic E-state index is 0. The van der Waals surface area contributed by atoms with E-state index in [0.29, 0.717) is 6.54 Å². The first kappa shape index (κ1) is 13.3. The monoisotopic (exact) mass is 441 g/mol. The molecule has 0 bridgehead atoms. The predicted octanol–water partition coefficient (Wildman–Crippen LogP) is 0.573. The van der Waals surface area contributed by atoms with Crippen LogP contribution in [-0.4, -0.2) is 38.0 Å². The smallest absolute Gasteiger partial charge is 0.182 e. The van der Waals surface area contributed by atoms with Gasteiger partial charge in [0.25, 0.3) is 0 Å². The van der Waals surface area contributed by atoms with Crippen LogP contribution in [0.2, 0.25) is 19.1 Å². The molecule has 0 spiro atoms. The molecule has 0 heterocycles. The van der Waals surface area contributed by atoms with Gasteiger partial charge in [0.2, 0.25) is 0 Å². The van der Waals surface area contributed by atoms with Gasteiger partial charge in [0.1, 0.15) is 0 Å². The molecule has 0 rings (SSSR count). The summed E-state index contributed by atoms with van der Waals surface area (Å²) in [6.45, 7) is 4.50. The molecule has 1 amide bonds. The Hall–Kier alpha value is -1.35. The van der Waals surface area contributed by atoms with E-state index in [-0.39, 0.29) is 0 Å². The maximum Gasteiger partial charge on any atom is 0.182 e. The van der Waals surface area contributed by atoms with Gasteiger partial charge in [0, 0.05) is 0 Å². The average Bonchev–Trinajstić information content (AvgIpc) is 1.85. The van der Waals surface area contributed by atoms with Crippen molar-refractivity contribution >= 4 is 14.7 Å². The van der Waals surface area contributed by atoms with Crippen molar-refractivity contribution in [1.29, 1.82) is 0 Å². The zero-order chi connectivity index (χ0) is 8.91. The van der Waals surface area contributed by atoms with E-state index in [2.05, 4.69) is 0 Å². The first-order valence-corrected chi connectivity index (χ1v) is 6.92. The van der Waals surface area contributed by atoms with Gasteiger partial charge in [0.05, 0.1) is 0 Å². The number of carbonyl (C=O) groups excluding carboxylic acids is 1. The van der Waals surface area contributed by atoms with Crippen LogP contribution >= 0.6 is 0 Å². The maximum absolute atomic E-state index is 10.0. The number of hydrogen-bond donors (Lipinski definition) is 1. The van der Waals surface area contributed by atoms with E-state index in [1.807, 2.05) is 13.1 Å². The van der Waals surface area contributed by atoms with Crippen LogP contribution in [0.1, 0.15) is 6.42 Å². The molecule has 5 heteroatoms. The van der Waals surface area contributed by atoms with Gasteiger partial charge in [-0.15, -0.1) is 0 Å². The Balaban J connectivity index is 0. The number of rotatable bonds is 5. The molecule has 0 aromatic rings. The van der Waals surface area contributed by atoms with E-state index >= 15 is 0 Å². The van der Waals surface area contributed by atoms with Crippen LogP contribution in [-0.2, 0) is 4.79 Å². The molecule has 0 saturated heterocycles. The molecule has 0 aromatic carbocycles. The van der Waals surface area contributed by atoms with Crippen LogP contribution in [0.15, 0.2) is 0 Å². The summed E-state index contributed by atoms with van der Waals surface area (Å²) < 4.78 is 0. The van der Waals surface area contributed by atoms with Crippen LogP contribution in [0.3, 0.4) is 0 Å². The topological polar surface area (TPSA) is 40.5 Å². The van der Waals surface area contributed by atoms with Crippen LogP contribution in [0.25, 0.3) is 0 Å². The van der Waals surface area contributed by atoms with E-state index < -0.39 is 8.32 Å². The predicted molar refractivity (Wildman–Crippen MR) is 47.4 cm³/mol. The van der Waals surface area contributed by atoms with E-state index in [1.54, 1.807) is 13.5 Å². The molecular formula is C7H16NO2RfSi-. The summed E-state index contributed by atoms with van der Waals surface area (Å²) in [5.41, 5.74) is 0. The second-order valence-corrected chi connectivity index (χ2v) is 7.55. The summed E-state index contributed by atoms with van der Waals surface area (Å²) in [6.07, 6.45) is 2.64. The van der Waals surface area contributed by atoms with Gasteiger partial charge in [-0.3, -0.25) is 0 Å². The largest absolute Gasteiger partial charge is 0.520 e. The fraction of sp³-hybridized carbons (Fsp3) is 0.857. The third-order valence-electron chi connectivity index (χ3n) is 1.44. The fourth-order valence-electron chi connectivity index (χ4n) is 0.794. The second kappa shape index (κ2) is 5.32. The average molecular weight is 441 g/mol. The quantitative estimate of drug-likeness (QED) is 0.385. The van der Waals surface area contributed by atoms with Gasteiger partial charge >= 0.3 is 0 Å². The summed E-state index contributed by atoms with van der Waals surface area (Å²) in [5, 5.41) is 0. The molecule has 0 saturated carbocycles. The van der Waals surface area contributed by atoms with Gasteiger partial charge in [-0.05, 0) is 39.2 Å². The van der Waals surface area contributed by atoms with Gasteiger partial charge in [0.15, 0.2) is 8.32 Å². The minimum atomic E-state index is -1.89. The van der Waals surface area contributed by atoms with Crippen molar-refractivity contribution in [2.24, 2.45) is 0 Å². The molecule has 0 radical (unpaired) electrons. The number of amides is 1. The fourth-order valence-corrected chi connectivity index (χ4v) is 1.82. The third-order valence-corrected chi connectivity index (χ3v) is 3.02. The van der Waals surface area contributed by atoms with Crippen LogP contribution in [0.4, 0.5) is 0 Å². The molecular weight excluding hydrogens is 425 g/mol. The Morgan fingerprint density at radius 1 is 1.50 bits per heavy atom. The molecule has 0 aliphatic carbocycles. The van der Waals surface area contributed by atoms with Crippen LogP contribution < -0.4 is 0 Å². The Morgan fingerprint density at radius 3 is 2.33 bits per heavy atom. The summed E-state index contributed by atoms with van der Waals surface area (Å²) >= 11 is 0. The van der Waals surface area contributed by atoms with E-state index in [1.165, 1.54) is 4.90 Å². The zero-order valence-electron chi connectivity index (χ0n) is 8.13. The summed E-state index contributed by atoms with van der Waals surface area (Å²) in [7, 11) is -0.200. The third kappa shape index (κ3) is 8.65. The first-order chi connectivity index (χ1) is 4.95. The van der Waals surface area contributed by atoms with Crippen molar-refractivity contribution in [2.75, 3.05) is 13.6 Å².